The maximum atomic E-state index is 13.1. The van der Waals surface area contributed by atoms with Gasteiger partial charge in [0, 0.05) is 11.3 Å². The van der Waals surface area contributed by atoms with Gasteiger partial charge in [0.2, 0.25) is 0 Å². The van der Waals surface area contributed by atoms with Crippen molar-refractivity contribution in [1.29, 1.82) is 0 Å². The van der Waals surface area contributed by atoms with Gasteiger partial charge in [-0.3, -0.25) is 4.79 Å². The zero-order chi connectivity index (χ0) is 18.4. The summed E-state index contributed by atoms with van der Waals surface area (Å²) in [4.78, 5) is 12.9. The molecule has 0 fully saturated rings. The fourth-order valence-electron chi connectivity index (χ4n) is 2.25. The number of hydrogen-bond donors (Lipinski definition) is 2. The van der Waals surface area contributed by atoms with Crippen LogP contribution in [-0.2, 0) is 11.3 Å². The van der Waals surface area contributed by atoms with Crippen LogP contribution in [0.3, 0.4) is 0 Å². The number of benzene rings is 2. The van der Waals surface area contributed by atoms with Crippen LogP contribution < -0.4 is 15.0 Å². The molecule has 0 aromatic heterocycles. The molecule has 0 radical (unpaired) electrons. The second-order valence-corrected chi connectivity index (χ2v) is 5.92. The summed E-state index contributed by atoms with van der Waals surface area (Å²) in [6.07, 6.45) is 0. The van der Waals surface area contributed by atoms with E-state index in [0.29, 0.717) is 12.2 Å². The molecular weight excluding hydrogens is 357 g/mol. The van der Waals surface area contributed by atoms with Crippen LogP contribution in [0.4, 0.5) is 18.9 Å². The molecule has 0 heterocycles. The minimum atomic E-state index is -2.86. The highest BCUT2D eigenvalue weighted by Crippen LogP contribution is 2.19. The first-order valence-electron chi connectivity index (χ1n) is 7.43. The van der Waals surface area contributed by atoms with E-state index in [1.807, 2.05) is 7.05 Å². The van der Waals surface area contributed by atoms with Gasteiger partial charge in [-0.05, 0) is 42.5 Å². The van der Waals surface area contributed by atoms with E-state index in [0.717, 1.165) is 10.5 Å². The first-order chi connectivity index (χ1) is 11.8. The van der Waals surface area contributed by atoms with Crippen LogP contribution in [-0.4, -0.2) is 26.1 Å². The van der Waals surface area contributed by atoms with Crippen LogP contribution in [0.1, 0.15) is 5.56 Å². The van der Waals surface area contributed by atoms with Crippen molar-refractivity contribution < 1.29 is 27.6 Å². The third-order valence-electron chi connectivity index (χ3n) is 3.32. The molecular formula is C17H17ClF3N2O2+. The number of carbonyl (C=O) groups is 1. The zero-order valence-electron chi connectivity index (χ0n) is 13.4. The highest BCUT2D eigenvalue weighted by Gasteiger charge is 2.12. The molecule has 1 unspecified atom stereocenters. The lowest BCUT2D eigenvalue weighted by atomic mass is 10.2. The summed E-state index contributed by atoms with van der Waals surface area (Å²) in [5, 5.41) is 2.58. The van der Waals surface area contributed by atoms with Crippen LogP contribution in [0.15, 0.2) is 42.5 Å². The van der Waals surface area contributed by atoms with Gasteiger partial charge in [-0.25, -0.2) is 4.39 Å². The molecule has 0 saturated heterocycles. The number of ether oxygens (including phenoxy) is 1. The van der Waals surface area contributed by atoms with E-state index in [9.17, 15) is 18.0 Å². The van der Waals surface area contributed by atoms with Crippen molar-refractivity contribution in [3.8, 4) is 5.75 Å². The summed E-state index contributed by atoms with van der Waals surface area (Å²) in [6.45, 7) is -2.17. The molecule has 4 nitrogen and oxygen atoms in total. The minimum Gasteiger partial charge on any atom is -0.435 e. The lowest BCUT2D eigenvalue weighted by Gasteiger charge is -2.14. The third-order valence-corrected chi connectivity index (χ3v) is 3.61. The van der Waals surface area contributed by atoms with Crippen LogP contribution >= 0.6 is 11.6 Å². The van der Waals surface area contributed by atoms with Crippen LogP contribution in [0.2, 0.25) is 5.02 Å². The second-order valence-electron chi connectivity index (χ2n) is 5.51. The number of anilines is 1. The van der Waals surface area contributed by atoms with Gasteiger partial charge in [0.15, 0.2) is 6.54 Å². The Kier molecular flexibility index (Phi) is 6.66. The molecule has 2 aromatic carbocycles. The normalized spacial score (nSPS) is 12.1. The summed E-state index contributed by atoms with van der Waals surface area (Å²) >= 11 is 5.67. The van der Waals surface area contributed by atoms with Crippen molar-refractivity contribution >= 4 is 23.2 Å². The van der Waals surface area contributed by atoms with Gasteiger partial charge in [-0.1, -0.05) is 11.6 Å². The van der Waals surface area contributed by atoms with Gasteiger partial charge >= 0.3 is 6.61 Å². The topological polar surface area (TPSA) is 42.8 Å². The summed E-state index contributed by atoms with van der Waals surface area (Å²) in [7, 11) is 1.82. The molecule has 0 spiro atoms. The van der Waals surface area contributed by atoms with Crippen molar-refractivity contribution in [3.63, 3.8) is 0 Å². The van der Waals surface area contributed by atoms with Gasteiger partial charge in [-0.15, -0.1) is 0 Å². The number of rotatable bonds is 7. The van der Waals surface area contributed by atoms with Crippen molar-refractivity contribution in [2.75, 3.05) is 18.9 Å². The van der Waals surface area contributed by atoms with E-state index < -0.39 is 12.4 Å². The first-order valence-corrected chi connectivity index (χ1v) is 7.81. The molecule has 0 bridgehead atoms. The SMILES string of the molecule is C[NH+](CC(=O)Nc1ccc(F)c(Cl)c1)Cc1ccc(OC(F)F)cc1. The average molecular weight is 374 g/mol. The van der Waals surface area contributed by atoms with Crippen LogP contribution in [0.25, 0.3) is 0 Å². The molecule has 1 atom stereocenters. The average Bonchev–Trinajstić information content (AvgIpc) is 2.52. The number of hydrogen-bond acceptors (Lipinski definition) is 2. The van der Waals surface area contributed by atoms with Gasteiger partial charge in [0.05, 0.1) is 12.1 Å². The van der Waals surface area contributed by atoms with Crippen molar-refractivity contribution in [2.45, 2.75) is 13.2 Å². The number of likely N-dealkylation sites (N-methyl/N-ethyl adjacent to an activating group) is 1. The number of quaternary nitrogens is 1. The van der Waals surface area contributed by atoms with Crippen LogP contribution in [0, 0.1) is 5.82 Å². The predicted octanol–water partition coefficient (Wildman–Crippen LogP) is 2.73. The van der Waals surface area contributed by atoms with Crippen molar-refractivity contribution in [2.24, 2.45) is 0 Å². The Morgan fingerprint density at radius 1 is 1.24 bits per heavy atom. The molecule has 0 aliphatic rings. The Labute approximate surface area is 148 Å². The molecule has 8 heteroatoms. The summed E-state index contributed by atoms with van der Waals surface area (Å²) in [5.74, 6) is -0.721. The number of carbonyl (C=O) groups excluding carboxylic acids is 1. The maximum absolute atomic E-state index is 13.1. The van der Waals surface area contributed by atoms with E-state index in [1.54, 1.807) is 12.1 Å². The highest BCUT2D eigenvalue weighted by molar-refractivity contribution is 6.31. The maximum Gasteiger partial charge on any atom is 0.387 e. The smallest absolute Gasteiger partial charge is 0.387 e. The molecule has 134 valence electrons. The number of nitrogens with one attached hydrogen (secondary N) is 2. The largest absolute Gasteiger partial charge is 0.435 e. The van der Waals surface area contributed by atoms with E-state index in [2.05, 4.69) is 10.1 Å². The Morgan fingerprint density at radius 2 is 1.92 bits per heavy atom. The standard InChI is InChI=1S/C17H16ClF3N2O2/c1-23(9-11-2-5-13(6-3-11)25-17(20)21)10-16(24)22-12-4-7-15(19)14(18)8-12/h2-8,17H,9-10H2,1H3,(H,22,24)/p+1. The zero-order valence-corrected chi connectivity index (χ0v) is 14.1. The molecule has 1 amide bonds. The van der Waals surface area contributed by atoms with E-state index in [-0.39, 0.29) is 23.2 Å². The fraction of sp³-hybridized carbons (Fsp3) is 0.235. The number of halogens is 4. The Morgan fingerprint density at radius 3 is 2.52 bits per heavy atom. The van der Waals surface area contributed by atoms with Gasteiger partial charge < -0.3 is 15.0 Å². The molecule has 0 aliphatic carbocycles. The monoisotopic (exact) mass is 373 g/mol. The number of alkyl halides is 2. The Bertz CT molecular complexity index is 726. The number of amides is 1. The third kappa shape index (κ3) is 6.28. The quantitative estimate of drug-likeness (QED) is 0.783. The van der Waals surface area contributed by atoms with Crippen LogP contribution in [0.5, 0.6) is 5.75 Å². The Hall–Kier alpha value is -2.25. The predicted molar refractivity (Wildman–Crippen MR) is 88.6 cm³/mol. The first kappa shape index (κ1) is 19.1. The van der Waals surface area contributed by atoms with Crippen molar-refractivity contribution in [3.05, 3.63) is 58.9 Å². The second kappa shape index (κ2) is 8.73. The molecule has 0 saturated carbocycles. The van der Waals surface area contributed by atoms with E-state index in [1.165, 1.54) is 30.3 Å². The molecule has 0 aliphatic heterocycles. The summed E-state index contributed by atoms with van der Waals surface area (Å²) in [6, 6.07) is 10.2. The molecule has 2 N–H and O–H groups in total. The fourth-order valence-corrected chi connectivity index (χ4v) is 2.43. The molecule has 25 heavy (non-hydrogen) atoms. The summed E-state index contributed by atoms with van der Waals surface area (Å²) < 4.78 is 41.6. The molecule has 2 aromatic rings. The Balaban J connectivity index is 1.85. The summed E-state index contributed by atoms with van der Waals surface area (Å²) in [5.41, 5.74) is 1.29. The lowest BCUT2D eigenvalue weighted by Crippen LogP contribution is -3.08. The van der Waals surface area contributed by atoms with Gasteiger partial charge in [0.25, 0.3) is 5.91 Å². The highest BCUT2D eigenvalue weighted by atomic mass is 35.5. The molecule has 2 rings (SSSR count). The van der Waals surface area contributed by atoms with Crippen molar-refractivity contribution in [1.82, 2.24) is 0 Å². The minimum absolute atomic E-state index is 0.0652. The lowest BCUT2D eigenvalue weighted by molar-refractivity contribution is -0.885. The van der Waals surface area contributed by atoms with E-state index >= 15 is 0 Å². The van der Waals surface area contributed by atoms with E-state index in [4.69, 9.17) is 11.6 Å². The van der Waals surface area contributed by atoms with Gasteiger partial charge in [0.1, 0.15) is 18.1 Å². The van der Waals surface area contributed by atoms with Gasteiger partial charge in [-0.2, -0.15) is 8.78 Å².